The van der Waals surface area contributed by atoms with E-state index in [1.54, 1.807) is 46.0 Å². The summed E-state index contributed by atoms with van der Waals surface area (Å²) in [6, 6.07) is 3.31. The first-order chi connectivity index (χ1) is 12.1. The van der Waals surface area contributed by atoms with E-state index >= 15 is 0 Å². The zero-order valence-corrected chi connectivity index (χ0v) is 16.0. The normalized spacial score (nSPS) is 12.7. The number of aryl methyl sites for hydroxylation is 1. The van der Waals surface area contributed by atoms with Crippen LogP contribution in [-0.2, 0) is 14.3 Å². The monoisotopic (exact) mass is 363 g/mol. The molecule has 0 fully saturated rings. The molecule has 1 aromatic heterocycles. The Morgan fingerprint density at radius 3 is 2.50 bits per heavy atom. The molecule has 2 rings (SSSR count). The molecular weight excluding hydrogens is 338 g/mol. The van der Waals surface area contributed by atoms with Crippen molar-refractivity contribution < 1.29 is 28.9 Å². The fraction of sp³-hybridized carbons (Fsp3) is 0.474. The van der Waals surface area contributed by atoms with Gasteiger partial charge in [0, 0.05) is 17.1 Å². The maximum absolute atomic E-state index is 12.5. The number of nitrogens with zero attached hydrogens (tertiary/aromatic N) is 1. The van der Waals surface area contributed by atoms with Crippen LogP contribution < -0.4 is 4.74 Å². The quantitative estimate of drug-likeness (QED) is 0.839. The van der Waals surface area contributed by atoms with Gasteiger partial charge in [0.25, 0.3) is 0 Å². The third kappa shape index (κ3) is 3.83. The van der Waals surface area contributed by atoms with Gasteiger partial charge in [-0.25, -0.2) is 9.59 Å². The Hall–Kier alpha value is -2.54. The molecule has 0 saturated heterocycles. The van der Waals surface area contributed by atoms with Gasteiger partial charge in [-0.1, -0.05) is 0 Å². The highest BCUT2D eigenvalue weighted by Crippen LogP contribution is 2.36. The average Bonchev–Trinajstić information content (AvgIpc) is 2.98. The Labute approximate surface area is 152 Å². The maximum atomic E-state index is 12.5. The number of carbonyl (C=O) groups excluding carboxylic acids is 2. The minimum absolute atomic E-state index is 0.145. The van der Waals surface area contributed by atoms with E-state index in [2.05, 4.69) is 0 Å². The molecule has 0 aliphatic rings. The van der Waals surface area contributed by atoms with E-state index in [-0.39, 0.29) is 12.2 Å². The molecule has 0 aliphatic carbocycles. The molecule has 0 spiro atoms. The number of hydrogen-bond acceptors (Lipinski definition) is 6. The fourth-order valence-electron chi connectivity index (χ4n) is 2.78. The highest BCUT2D eigenvalue weighted by atomic mass is 16.6. The van der Waals surface area contributed by atoms with Gasteiger partial charge in [0.2, 0.25) is 0 Å². The standard InChI is InChI=1S/C19H25NO6/c1-7-25-17(22)16(21)14-12-8-9-20(18(23)26-19(3,4)5)15(12)11(2)10-13(14)24-6/h8-10,16,21H,7H2,1-6H3. The molecule has 1 atom stereocenters. The van der Waals surface area contributed by atoms with Gasteiger partial charge in [-0.15, -0.1) is 0 Å². The van der Waals surface area contributed by atoms with Crippen LogP contribution in [0, 0.1) is 6.92 Å². The van der Waals surface area contributed by atoms with Crippen molar-refractivity contribution in [2.45, 2.75) is 46.3 Å². The van der Waals surface area contributed by atoms with Gasteiger partial charge in [-0.2, -0.15) is 0 Å². The Bertz CT molecular complexity index is 831. The predicted octanol–water partition coefficient (Wildman–Crippen LogP) is 3.34. The Kier molecular flexibility index (Phi) is 5.61. The van der Waals surface area contributed by atoms with Gasteiger partial charge in [-0.05, 0) is 52.3 Å². The van der Waals surface area contributed by atoms with E-state index in [4.69, 9.17) is 14.2 Å². The lowest BCUT2D eigenvalue weighted by atomic mass is 10.0. The second-order valence-electron chi connectivity index (χ2n) is 6.89. The number of carbonyl (C=O) groups is 2. The van der Waals surface area contributed by atoms with Crippen molar-refractivity contribution in [1.29, 1.82) is 0 Å². The summed E-state index contributed by atoms with van der Waals surface area (Å²) < 4.78 is 17.0. The first-order valence-corrected chi connectivity index (χ1v) is 8.37. The van der Waals surface area contributed by atoms with E-state index in [1.807, 2.05) is 6.92 Å². The summed E-state index contributed by atoms with van der Waals surface area (Å²) in [4.78, 5) is 24.6. The number of aliphatic hydroxyl groups excluding tert-OH is 1. The van der Waals surface area contributed by atoms with Gasteiger partial charge < -0.3 is 19.3 Å². The third-order valence-electron chi connectivity index (χ3n) is 3.76. The van der Waals surface area contributed by atoms with E-state index < -0.39 is 23.8 Å². The molecule has 1 N–H and O–H groups in total. The molecule has 1 heterocycles. The highest BCUT2D eigenvalue weighted by molar-refractivity contribution is 5.97. The van der Waals surface area contributed by atoms with Crippen molar-refractivity contribution in [2.75, 3.05) is 13.7 Å². The zero-order valence-electron chi connectivity index (χ0n) is 16.0. The third-order valence-corrected chi connectivity index (χ3v) is 3.76. The summed E-state index contributed by atoms with van der Waals surface area (Å²) in [7, 11) is 1.45. The number of hydrogen-bond donors (Lipinski definition) is 1. The smallest absolute Gasteiger partial charge is 0.419 e. The largest absolute Gasteiger partial charge is 0.496 e. The number of benzene rings is 1. The predicted molar refractivity (Wildman–Crippen MR) is 96.5 cm³/mol. The number of rotatable bonds is 4. The molecule has 0 saturated carbocycles. The van der Waals surface area contributed by atoms with Crippen LogP contribution in [0.3, 0.4) is 0 Å². The van der Waals surface area contributed by atoms with Crippen molar-refractivity contribution >= 4 is 23.0 Å². The number of aliphatic hydroxyl groups is 1. The van der Waals surface area contributed by atoms with Gasteiger partial charge in [0.05, 0.1) is 19.2 Å². The minimum Gasteiger partial charge on any atom is -0.496 e. The molecule has 0 bridgehead atoms. The molecule has 0 amide bonds. The first-order valence-electron chi connectivity index (χ1n) is 8.37. The number of methoxy groups -OCH3 is 1. The number of ether oxygens (including phenoxy) is 3. The van der Waals surface area contributed by atoms with Gasteiger partial charge in [0.1, 0.15) is 11.4 Å². The second-order valence-corrected chi connectivity index (χ2v) is 6.89. The molecule has 0 aliphatic heterocycles. The summed E-state index contributed by atoms with van der Waals surface area (Å²) in [6.45, 7) is 8.96. The topological polar surface area (TPSA) is 87.0 Å². The second kappa shape index (κ2) is 7.37. The summed E-state index contributed by atoms with van der Waals surface area (Å²) in [5.74, 6) is -0.432. The van der Waals surface area contributed by atoms with Crippen molar-refractivity contribution in [2.24, 2.45) is 0 Å². The lowest BCUT2D eigenvalue weighted by molar-refractivity contribution is -0.153. The molecule has 2 aromatic rings. The maximum Gasteiger partial charge on any atom is 0.419 e. The van der Waals surface area contributed by atoms with Crippen LogP contribution in [0.15, 0.2) is 18.3 Å². The Balaban J connectivity index is 2.65. The van der Waals surface area contributed by atoms with Crippen molar-refractivity contribution in [1.82, 2.24) is 4.57 Å². The molecule has 7 heteroatoms. The molecular formula is C19H25NO6. The van der Waals surface area contributed by atoms with Crippen LogP contribution in [0.25, 0.3) is 10.9 Å². The van der Waals surface area contributed by atoms with Gasteiger partial charge in [-0.3, -0.25) is 4.57 Å². The van der Waals surface area contributed by atoms with Gasteiger partial charge in [0.15, 0.2) is 6.10 Å². The average molecular weight is 363 g/mol. The van der Waals surface area contributed by atoms with E-state index in [1.165, 1.54) is 11.7 Å². The molecule has 7 nitrogen and oxygen atoms in total. The lowest BCUT2D eigenvalue weighted by Gasteiger charge is -2.21. The first kappa shape index (κ1) is 19.8. The number of fused-ring (bicyclic) bond motifs is 1. The van der Waals surface area contributed by atoms with Crippen LogP contribution in [0.1, 0.15) is 44.9 Å². The molecule has 0 radical (unpaired) electrons. The fourth-order valence-corrected chi connectivity index (χ4v) is 2.78. The summed E-state index contributed by atoms with van der Waals surface area (Å²) in [5, 5.41) is 11.0. The van der Waals surface area contributed by atoms with Crippen LogP contribution in [0.2, 0.25) is 0 Å². The summed E-state index contributed by atoms with van der Waals surface area (Å²) >= 11 is 0. The van der Waals surface area contributed by atoms with E-state index in [9.17, 15) is 14.7 Å². The van der Waals surface area contributed by atoms with E-state index in [0.717, 1.165) is 5.56 Å². The highest BCUT2D eigenvalue weighted by Gasteiger charge is 2.28. The zero-order chi connectivity index (χ0) is 19.6. The Morgan fingerprint density at radius 1 is 1.31 bits per heavy atom. The van der Waals surface area contributed by atoms with Crippen LogP contribution in [0.4, 0.5) is 4.79 Å². The SMILES string of the molecule is CCOC(=O)C(O)c1c(OC)cc(C)c2c1ccn2C(=O)OC(C)(C)C. The van der Waals surface area contributed by atoms with E-state index in [0.29, 0.717) is 16.7 Å². The molecule has 26 heavy (non-hydrogen) atoms. The van der Waals surface area contributed by atoms with Crippen molar-refractivity contribution in [3.63, 3.8) is 0 Å². The summed E-state index contributed by atoms with van der Waals surface area (Å²) in [6.07, 6.45) is -0.521. The van der Waals surface area contributed by atoms with Crippen LogP contribution in [0.5, 0.6) is 5.75 Å². The number of esters is 1. The molecule has 142 valence electrons. The van der Waals surface area contributed by atoms with Crippen molar-refractivity contribution in [3.8, 4) is 5.75 Å². The molecule has 1 unspecified atom stereocenters. The Morgan fingerprint density at radius 2 is 1.96 bits per heavy atom. The summed E-state index contributed by atoms with van der Waals surface area (Å²) in [5.41, 5.74) is 0.890. The van der Waals surface area contributed by atoms with Gasteiger partial charge >= 0.3 is 12.1 Å². The minimum atomic E-state index is -1.53. The number of aromatic nitrogens is 1. The van der Waals surface area contributed by atoms with Crippen molar-refractivity contribution in [3.05, 3.63) is 29.5 Å². The van der Waals surface area contributed by atoms with Crippen LogP contribution in [-0.4, -0.2) is 41.1 Å². The molecule has 1 aromatic carbocycles. The van der Waals surface area contributed by atoms with Crippen LogP contribution >= 0.6 is 0 Å². The lowest BCUT2D eigenvalue weighted by Crippen LogP contribution is -2.27.